The van der Waals surface area contributed by atoms with Crippen LogP contribution >= 0.6 is 11.6 Å². The Labute approximate surface area is 65.2 Å². The molecule has 0 aromatic carbocycles. The van der Waals surface area contributed by atoms with Gasteiger partial charge in [-0.2, -0.15) is 0 Å². The van der Waals surface area contributed by atoms with Gasteiger partial charge in [0.15, 0.2) is 0 Å². The van der Waals surface area contributed by atoms with Crippen LogP contribution in [0.1, 0.15) is 20.8 Å². The molecule has 0 fully saturated rings. The van der Waals surface area contributed by atoms with Crippen LogP contribution in [0.5, 0.6) is 0 Å². The number of halogens is 1. The summed E-state index contributed by atoms with van der Waals surface area (Å²) in [6.45, 7) is 6.41. The standard InChI is InChI=1S/C6H15ClOSi/c1-5(2)6(3,9)8-4-7/h5H,4H2,1-3,9H3. The lowest BCUT2D eigenvalue weighted by Gasteiger charge is -2.28. The van der Waals surface area contributed by atoms with Crippen molar-refractivity contribution >= 4 is 21.8 Å². The van der Waals surface area contributed by atoms with Crippen molar-refractivity contribution in [1.29, 1.82) is 0 Å². The molecule has 0 aromatic rings. The number of ether oxygens (including phenoxy) is 1. The molecule has 0 radical (unpaired) electrons. The molecule has 1 atom stereocenters. The zero-order chi connectivity index (χ0) is 7.49. The van der Waals surface area contributed by atoms with Crippen molar-refractivity contribution in [2.24, 2.45) is 5.92 Å². The summed E-state index contributed by atoms with van der Waals surface area (Å²) in [6, 6.07) is 0.318. The Morgan fingerprint density at radius 3 is 2.22 bits per heavy atom. The Balaban J connectivity index is 3.70. The van der Waals surface area contributed by atoms with E-state index >= 15 is 0 Å². The van der Waals surface area contributed by atoms with Crippen molar-refractivity contribution in [3.05, 3.63) is 0 Å². The van der Waals surface area contributed by atoms with Gasteiger partial charge in [-0.25, -0.2) is 0 Å². The molecule has 0 spiro atoms. The smallest absolute Gasteiger partial charge is 0.121 e. The fourth-order valence-electron chi connectivity index (χ4n) is 0.307. The van der Waals surface area contributed by atoms with Gasteiger partial charge in [-0.15, -0.1) is 0 Å². The van der Waals surface area contributed by atoms with Gasteiger partial charge in [0.2, 0.25) is 0 Å². The van der Waals surface area contributed by atoms with Crippen molar-refractivity contribution < 1.29 is 4.74 Å². The predicted octanol–water partition coefficient (Wildman–Crippen LogP) is 0.937. The van der Waals surface area contributed by atoms with Gasteiger partial charge >= 0.3 is 0 Å². The molecule has 3 heteroatoms. The van der Waals surface area contributed by atoms with E-state index in [1.54, 1.807) is 0 Å². The molecule has 0 N–H and O–H groups in total. The van der Waals surface area contributed by atoms with E-state index in [0.717, 1.165) is 10.2 Å². The Morgan fingerprint density at radius 1 is 1.67 bits per heavy atom. The van der Waals surface area contributed by atoms with Gasteiger partial charge in [0.05, 0.1) is 0 Å². The van der Waals surface area contributed by atoms with E-state index in [1.807, 2.05) is 0 Å². The summed E-state index contributed by atoms with van der Waals surface area (Å²) in [5.74, 6) is 0.572. The first-order valence-corrected chi connectivity index (χ1v) is 4.74. The Morgan fingerprint density at radius 2 is 2.11 bits per heavy atom. The number of rotatable bonds is 3. The number of alkyl halides is 1. The quantitative estimate of drug-likeness (QED) is 0.448. The van der Waals surface area contributed by atoms with Crippen LogP contribution in [0.4, 0.5) is 0 Å². The second-order valence-corrected chi connectivity index (χ2v) is 5.22. The molecule has 0 aliphatic rings. The summed E-state index contributed by atoms with van der Waals surface area (Å²) < 4.78 is 5.32. The fourth-order valence-corrected chi connectivity index (χ4v) is 0.916. The second kappa shape index (κ2) is 3.59. The highest BCUT2D eigenvalue weighted by Gasteiger charge is 2.21. The first-order chi connectivity index (χ1) is 4.00. The average molecular weight is 167 g/mol. The van der Waals surface area contributed by atoms with Crippen LogP contribution in [0.15, 0.2) is 0 Å². The lowest BCUT2D eigenvalue weighted by Crippen LogP contribution is -2.34. The van der Waals surface area contributed by atoms with E-state index in [0.29, 0.717) is 12.0 Å². The Hall–Kier alpha value is 0.467. The molecule has 1 nitrogen and oxygen atoms in total. The summed E-state index contributed by atoms with van der Waals surface area (Å²) in [5.41, 5.74) is 0. The molecule has 0 aliphatic heterocycles. The average Bonchev–Trinajstić information content (AvgIpc) is 1.65. The van der Waals surface area contributed by atoms with Crippen LogP contribution < -0.4 is 0 Å². The summed E-state index contributed by atoms with van der Waals surface area (Å²) >= 11 is 5.43. The van der Waals surface area contributed by atoms with Crippen LogP contribution in [-0.4, -0.2) is 21.5 Å². The van der Waals surface area contributed by atoms with Crippen LogP contribution in [-0.2, 0) is 4.74 Å². The molecule has 9 heavy (non-hydrogen) atoms. The van der Waals surface area contributed by atoms with Crippen molar-refractivity contribution in [2.75, 3.05) is 6.07 Å². The van der Waals surface area contributed by atoms with Gasteiger partial charge in [-0.3, -0.25) is 0 Å². The zero-order valence-corrected chi connectivity index (χ0v) is 9.33. The molecule has 0 bridgehead atoms. The molecule has 0 heterocycles. The minimum atomic E-state index is 0.0573. The third kappa shape index (κ3) is 3.23. The molecule has 0 amide bonds. The Bertz CT molecular complexity index is 83.1. The molecule has 0 rings (SSSR count). The van der Waals surface area contributed by atoms with Crippen LogP contribution in [0.3, 0.4) is 0 Å². The minimum absolute atomic E-state index is 0.0573. The van der Waals surface area contributed by atoms with Crippen LogP contribution in [0.25, 0.3) is 0 Å². The van der Waals surface area contributed by atoms with Gasteiger partial charge in [0.1, 0.15) is 6.07 Å². The van der Waals surface area contributed by atoms with Gasteiger partial charge < -0.3 is 4.74 Å². The topological polar surface area (TPSA) is 9.23 Å². The van der Waals surface area contributed by atoms with Crippen molar-refractivity contribution in [3.8, 4) is 0 Å². The van der Waals surface area contributed by atoms with Gasteiger partial charge in [0.25, 0.3) is 0 Å². The van der Waals surface area contributed by atoms with Crippen molar-refractivity contribution in [2.45, 2.75) is 26.0 Å². The van der Waals surface area contributed by atoms with E-state index in [-0.39, 0.29) is 5.22 Å². The molecular formula is C6H15ClOSi. The number of hydrogen-bond acceptors (Lipinski definition) is 1. The van der Waals surface area contributed by atoms with E-state index in [2.05, 4.69) is 20.8 Å². The number of hydrogen-bond donors (Lipinski definition) is 0. The van der Waals surface area contributed by atoms with E-state index < -0.39 is 0 Å². The third-order valence-corrected chi connectivity index (χ3v) is 3.37. The highest BCUT2D eigenvalue weighted by atomic mass is 35.5. The molecule has 0 saturated carbocycles. The molecular weight excluding hydrogens is 152 g/mol. The largest absolute Gasteiger partial charge is 0.364 e. The van der Waals surface area contributed by atoms with Crippen molar-refractivity contribution in [3.63, 3.8) is 0 Å². The molecule has 0 aliphatic carbocycles. The van der Waals surface area contributed by atoms with E-state index in [1.165, 1.54) is 0 Å². The normalized spacial score (nSPS) is 18.3. The van der Waals surface area contributed by atoms with E-state index in [4.69, 9.17) is 16.3 Å². The first-order valence-electron chi connectivity index (χ1n) is 3.20. The van der Waals surface area contributed by atoms with E-state index in [9.17, 15) is 0 Å². The van der Waals surface area contributed by atoms with Crippen molar-refractivity contribution in [1.82, 2.24) is 0 Å². The van der Waals surface area contributed by atoms with Gasteiger partial charge in [-0.05, 0) is 12.8 Å². The van der Waals surface area contributed by atoms with Gasteiger partial charge in [0, 0.05) is 15.5 Å². The maximum absolute atomic E-state index is 5.43. The van der Waals surface area contributed by atoms with Gasteiger partial charge in [-0.1, -0.05) is 25.4 Å². The summed E-state index contributed by atoms with van der Waals surface area (Å²) in [6.07, 6.45) is 0. The third-order valence-electron chi connectivity index (χ3n) is 1.82. The summed E-state index contributed by atoms with van der Waals surface area (Å²) in [5, 5.41) is 0.0573. The molecule has 56 valence electrons. The molecule has 0 saturated heterocycles. The molecule has 1 unspecified atom stereocenters. The fraction of sp³-hybridized carbons (Fsp3) is 1.00. The lowest BCUT2D eigenvalue weighted by atomic mass is 10.1. The maximum Gasteiger partial charge on any atom is 0.121 e. The molecule has 0 aromatic heterocycles. The monoisotopic (exact) mass is 166 g/mol. The highest BCUT2D eigenvalue weighted by molar-refractivity contribution is 6.18. The second-order valence-electron chi connectivity index (χ2n) is 3.01. The minimum Gasteiger partial charge on any atom is -0.364 e. The van der Waals surface area contributed by atoms with Crippen LogP contribution in [0, 0.1) is 5.92 Å². The Kier molecular flexibility index (Phi) is 3.78. The zero-order valence-electron chi connectivity index (χ0n) is 6.57. The maximum atomic E-state index is 5.43. The lowest BCUT2D eigenvalue weighted by molar-refractivity contribution is 0.0278. The predicted molar refractivity (Wildman–Crippen MR) is 45.0 cm³/mol. The van der Waals surface area contributed by atoms with Crippen LogP contribution in [0.2, 0.25) is 0 Å². The first kappa shape index (κ1) is 9.47. The SMILES string of the molecule is CC(C)C(C)([SiH3])OCCl. The summed E-state index contributed by atoms with van der Waals surface area (Å²) in [7, 11) is 1.04. The highest BCUT2D eigenvalue weighted by Crippen LogP contribution is 2.16. The summed E-state index contributed by atoms with van der Waals surface area (Å²) in [4.78, 5) is 0.